The van der Waals surface area contributed by atoms with Gasteiger partial charge in [0, 0.05) is 31.6 Å². The Labute approximate surface area is 142 Å². The molecule has 0 aromatic heterocycles. The number of carbonyl (C=O) groups is 2. The third-order valence-electron chi connectivity index (χ3n) is 4.27. The van der Waals surface area contributed by atoms with Crippen molar-refractivity contribution in [1.29, 1.82) is 0 Å². The maximum absolute atomic E-state index is 13.5. The van der Waals surface area contributed by atoms with Gasteiger partial charge in [-0.2, -0.15) is 0 Å². The minimum Gasteiger partial charge on any atom is -0.342 e. The predicted octanol–water partition coefficient (Wildman–Crippen LogP) is 2.31. The van der Waals surface area contributed by atoms with E-state index >= 15 is 0 Å². The Kier molecular flexibility index (Phi) is 6.58. The molecular formula is C18H26FN3O2. The summed E-state index contributed by atoms with van der Waals surface area (Å²) in [6.45, 7) is 5.54. The molecule has 1 aliphatic heterocycles. The van der Waals surface area contributed by atoms with Crippen molar-refractivity contribution in [3.05, 3.63) is 35.6 Å². The number of piperidine rings is 1. The van der Waals surface area contributed by atoms with Gasteiger partial charge < -0.3 is 15.5 Å². The fourth-order valence-electron chi connectivity index (χ4n) is 2.86. The van der Waals surface area contributed by atoms with Crippen molar-refractivity contribution in [2.24, 2.45) is 5.92 Å². The SMILES string of the molecule is CC(C)C(=O)N1CCC(NC(=O)NCCc2ccccc2F)CC1. The fourth-order valence-corrected chi connectivity index (χ4v) is 2.86. The van der Waals surface area contributed by atoms with Gasteiger partial charge in [0.15, 0.2) is 0 Å². The van der Waals surface area contributed by atoms with Crippen LogP contribution in [0.25, 0.3) is 0 Å². The molecule has 1 aliphatic rings. The quantitative estimate of drug-likeness (QED) is 0.867. The molecule has 0 atom stereocenters. The zero-order chi connectivity index (χ0) is 17.5. The second-order valence-electron chi connectivity index (χ2n) is 6.50. The van der Waals surface area contributed by atoms with Gasteiger partial charge in [-0.3, -0.25) is 4.79 Å². The van der Waals surface area contributed by atoms with Crippen molar-refractivity contribution in [2.75, 3.05) is 19.6 Å². The molecule has 2 N–H and O–H groups in total. The molecule has 3 amide bonds. The van der Waals surface area contributed by atoms with Crippen LogP contribution in [0, 0.1) is 11.7 Å². The highest BCUT2D eigenvalue weighted by Crippen LogP contribution is 2.13. The molecule has 0 aliphatic carbocycles. The number of rotatable bonds is 5. The van der Waals surface area contributed by atoms with Gasteiger partial charge in [0.25, 0.3) is 0 Å². The molecule has 0 unspecified atom stereocenters. The van der Waals surface area contributed by atoms with E-state index in [1.54, 1.807) is 18.2 Å². The highest BCUT2D eigenvalue weighted by atomic mass is 19.1. The first kappa shape index (κ1) is 18.2. The summed E-state index contributed by atoms with van der Waals surface area (Å²) in [5, 5.41) is 5.69. The minimum absolute atomic E-state index is 0.0104. The summed E-state index contributed by atoms with van der Waals surface area (Å²) in [6.07, 6.45) is 1.99. The van der Waals surface area contributed by atoms with Crippen molar-refractivity contribution in [3.8, 4) is 0 Å². The van der Waals surface area contributed by atoms with Crippen LogP contribution >= 0.6 is 0 Å². The summed E-state index contributed by atoms with van der Waals surface area (Å²) in [5.41, 5.74) is 0.596. The van der Waals surface area contributed by atoms with E-state index < -0.39 is 0 Å². The second kappa shape index (κ2) is 8.66. The molecule has 2 rings (SSSR count). The zero-order valence-electron chi connectivity index (χ0n) is 14.3. The zero-order valence-corrected chi connectivity index (χ0v) is 14.3. The van der Waals surface area contributed by atoms with Crippen molar-refractivity contribution in [1.82, 2.24) is 15.5 Å². The number of carbonyl (C=O) groups excluding carboxylic acids is 2. The molecule has 1 saturated heterocycles. The van der Waals surface area contributed by atoms with Crippen LogP contribution in [-0.2, 0) is 11.2 Å². The van der Waals surface area contributed by atoms with Gasteiger partial charge in [-0.25, -0.2) is 9.18 Å². The van der Waals surface area contributed by atoms with Gasteiger partial charge in [0.2, 0.25) is 5.91 Å². The summed E-state index contributed by atoms with van der Waals surface area (Å²) in [6, 6.07) is 6.41. The van der Waals surface area contributed by atoms with Crippen molar-refractivity contribution >= 4 is 11.9 Å². The molecular weight excluding hydrogens is 309 g/mol. The Bertz CT molecular complexity index is 569. The number of hydrogen-bond acceptors (Lipinski definition) is 2. The smallest absolute Gasteiger partial charge is 0.315 e. The average Bonchev–Trinajstić information content (AvgIpc) is 2.56. The first-order valence-corrected chi connectivity index (χ1v) is 8.54. The molecule has 1 aromatic carbocycles. The molecule has 24 heavy (non-hydrogen) atoms. The number of amides is 3. The molecule has 0 spiro atoms. The van der Waals surface area contributed by atoms with E-state index in [2.05, 4.69) is 10.6 Å². The Morgan fingerprint density at radius 3 is 2.54 bits per heavy atom. The summed E-state index contributed by atoms with van der Waals surface area (Å²) in [5.74, 6) is -0.0686. The van der Waals surface area contributed by atoms with E-state index in [1.165, 1.54) is 6.07 Å². The summed E-state index contributed by atoms with van der Waals surface area (Å²) >= 11 is 0. The molecule has 1 heterocycles. The first-order chi connectivity index (χ1) is 11.5. The summed E-state index contributed by atoms with van der Waals surface area (Å²) in [7, 11) is 0. The molecule has 0 bridgehead atoms. The van der Waals surface area contributed by atoms with Crippen LogP contribution in [0.1, 0.15) is 32.3 Å². The van der Waals surface area contributed by atoms with E-state index in [0.29, 0.717) is 31.6 Å². The van der Waals surface area contributed by atoms with E-state index in [9.17, 15) is 14.0 Å². The van der Waals surface area contributed by atoms with Gasteiger partial charge >= 0.3 is 6.03 Å². The Hall–Kier alpha value is -2.11. The molecule has 1 fully saturated rings. The van der Waals surface area contributed by atoms with E-state index in [1.807, 2.05) is 18.7 Å². The number of likely N-dealkylation sites (tertiary alicyclic amines) is 1. The molecule has 5 nitrogen and oxygen atoms in total. The number of nitrogens with one attached hydrogen (secondary N) is 2. The Morgan fingerprint density at radius 2 is 1.92 bits per heavy atom. The van der Waals surface area contributed by atoms with Gasteiger partial charge in [0.1, 0.15) is 5.82 Å². The van der Waals surface area contributed by atoms with Crippen LogP contribution < -0.4 is 10.6 Å². The number of halogens is 1. The lowest BCUT2D eigenvalue weighted by atomic mass is 10.0. The van der Waals surface area contributed by atoms with Crippen molar-refractivity contribution in [2.45, 2.75) is 39.2 Å². The number of hydrogen-bond donors (Lipinski definition) is 2. The predicted molar refractivity (Wildman–Crippen MR) is 91.1 cm³/mol. The molecule has 0 radical (unpaired) electrons. The van der Waals surface area contributed by atoms with Gasteiger partial charge in [-0.15, -0.1) is 0 Å². The van der Waals surface area contributed by atoms with Crippen LogP contribution in [0.2, 0.25) is 0 Å². The fraction of sp³-hybridized carbons (Fsp3) is 0.556. The van der Waals surface area contributed by atoms with Crippen molar-refractivity contribution < 1.29 is 14.0 Å². The summed E-state index contributed by atoms with van der Waals surface area (Å²) < 4.78 is 13.5. The lowest BCUT2D eigenvalue weighted by Crippen LogP contribution is -2.50. The molecule has 1 aromatic rings. The van der Waals surface area contributed by atoms with Gasteiger partial charge in [0.05, 0.1) is 0 Å². The molecule has 132 valence electrons. The summed E-state index contributed by atoms with van der Waals surface area (Å²) in [4.78, 5) is 25.7. The van der Waals surface area contributed by atoms with Crippen LogP contribution in [0.3, 0.4) is 0 Å². The van der Waals surface area contributed by atoms with Gasteiger partial charge in [-0.1, -0.05) is 32.0 Å². The number of benzene rings is 1. The number of urea groups is 1. The van der Waals surface area contributed by atoms with E-state index in [-0.39, 0.29) is 29.7 Å². The monoisotopic (exact) mass is 335 g/mol. The maximum Gasteiger partial charge on any atom is 0.315 e. The molecule has 0 saturated carbocycles. The lowest BCUT2D eigenvalue weighted by Gasteiger charge is -2.33. The largest absolute Gasteiger partial charge is 0.342 e. The highest BCUT2D eigenvalue weighted by Gasteiger charge is 2.24. The van der Waals surface area contributed by atoms with Crippen LogP contribution in [0.15, 0.2) is 24.3 Å². The Balaban J connectivity index is 1.67. The number of nitrogens with zero attached hydrogens (tertiary/aromatic N) is 1. The third kappa shape index (κ3) is 5.22. The minimum atomic E-state index is -0.248. The van der Waals surface area contributed by atoms with Gasteiger partial charge in [-0.05, 0) is 30.9 Å². The highest BCUT2D eigenvalue weighted by molar-refractivity contribution is 5.78. The van der Waals surface area contributed by atoms with Crippen LogP contribution in [0.4, 0.5) is 9.18 Å². The average molecular weight is 335 g/mol. The third-order valence-corrected chi connectivity index (χ3v) is 4.27. The normalized spacial score (nSPS) is 15.4. The maximum atomic E-state index is 13.5. The lowest BCUT2D eigenvalue weighted by molar-refractivity contribution is -0.135. The van der Waals surface area contributed by atoms with E-state index in [0.717, 1.165) is 12.8 Å². The van der Waals surface area contributed by atoms with Crippen molar-refractivity contribution in [3.63, 3.8) is 0 Å². The van der Waals surface area contributed by atoms with E-state index in [4.69, 9.17) is 0 Å². The first-order valence-electron chi connectivity index (χ1n) is 8.54. The standard InChI is InChI=1S/C18H26FN3O2/c1-13(2)17(23)22-11-8-15(9-12-22)21-18(24)20-10-7-14-5-3-4-6-16(14)19/h3-6,13,15H,7-12H2,1-2H3,(H2,20,21,24). The molecule has 6 heteroatoms. The Morgan fingerprint density at radius 1 is 1.25 bits per heavy atom. The topological polar surface area (TPSA) is 61.4 Å². The van der Waals surface area contributed by atoms with Crippen LogP contribution in [0.5, 0.6) is 0 Å². The van der Waals surface area contributed by atoms with Crippen LogP contribution in [-0.4, -0.2) is 42.5 Å². The second-order valence-corrected chi connectivity index (χ2v) is 6.50.